The molecule has 7 heteroatoms. The SMILES string of the molecule is CC(=O)OC12CC3(C)OC(O1)C1(COC(=O)C4CCCCC4)C2CC31O. The Hall–Kier alpha value is -1.18. The summed E-state index contributed by atoms with van der Waals surface area (Å²) >= 11 is 0. The van der Waals surface area contributed by atoms with Crippen LogP contribution in [-0.4, -0.2) is 46.9 Å². The highest BCUT2D eigenvalue weighted by molar-refractivity contribution is 5.72. The number of aliphatic hydroxyl groups is 1. The molecule has 3 saturated heterocycles. The van der Waals surface area contributed by atoms with Gasteiger partial charge < -0.3 is 24.1 Å². The molecule has 3 aliphatic heterocycles. The molecule has 0 radical (unpaired) electrons. The quantitative estimate of drug-likeness (QED) is 0.757. The van der Waals surface area contributed by atoms with E-state index < -0.39 is 34.7 Å². The van der Waals surface area contributed by atoms with Crippen LogP contribution in [0.3, 0.4) is 0 Å². The summed E-state index contributed by atoms with van der Waals surface area (Å²) in [4.78, 5) is 24.2. The molecule has 0 amide bonds. The third-order valence-corrected chi connectivity index (χ3v) is 7.68. The minimum atomic E-state index is -1.12. The predicted octanol–water partition coefficient (Wildman–Crippen LogP) is 1.66. The third-order valence-electron chi connectivity index (χ3n) is 7.68. The van der Waals surface area contributed by atoms with E-state index in [-0.39, 0.29) is 24.4 Å². The fraction of sp³-hybridized carbons (Fsp3) is 0.895. The van der Waals surface area contributed by atoms with Gasteiger partial charge in [0, 0.05) is 19.3 Å². The monoisotopic (exact) mass is 366 g/mol. The first kappa shape index (κ1) is 17.0. The van der Waals surface area contributed by atoms with Crippen molar-refractivity contribution in [2.45, 2.75) is 82.1 Å². The predicted molar refractivity (Wildman–Crippen MR) is 86.5 cm³/mol. The molecule has 4 saturated carbocycles. The number of hydrogen-bond acceptors (Lipinski definition) is 7. The summed E-state index contributed by atoms with van der Waals surface area (Å²) in [6, 6.07) is 0. The van der Waals surface area contributed by atoms with Crippen LogP contribution < -0.4 is 0 Å². The van der Waals surface area contributed by atoms with Crippen molar-refractivity contribution < 1.29 is 33.6 Å². The summed E-state index contributed by atoms with van der Waals surface area (Å²) in [5.74, 6) is -1.96. The average molecular weight is 366 g/mol. The Balaban J connectivity index is 1.40. The zero-order chi connectivity index (χ0) is 18.4. The molecule has 3 heterocycles. The van der Waals surface area contributed by atoms with Crippen molar-refractivity contribution >= 4 is 11.9 Å². The maximum atomic E-state index is 12.5. The molecule has 0 aromatic rings. The van der Waals surface area contributed by atoms with E-state index in [1.807, 2.05) is 6.92 Å². The Bertz CT molecular complexity index is 673. The molecule has 6 unspecified atom stereocenters. The van der Waals surface area contributed by atoms with Gasteiger partial charge in [0.1, 0.15) is 17.8 Å². The second-order valence-corrected chi connectivity index (χ2v) is 8.98. The molecule has 4 aliphatic carbocycles. The van der Waals surface area contributed by atoms with Gasteiger partial charge in [0.15, 0.2) is 6.29 Å². The van der Waals surface area contributed by atoms with Crippen LogP contribution in [-0.2, 0) is 28.5 Å². The first-order valence-corrected chi connectivity index (χ1v) is 9.71. The van der Waals surface area contributed by atoms with Crippen LogP contribution in [0.1, 0.15) is 58.8 Å². The number of ether oxygens (including phenoxy) is 4. The molecule has 7 fully saturated rings. The van der Waals surface area contributed by atoms with Crippen molar-refractivity contribution in [1.29, 1.82) is 0 Å². The highest BCUT2D eigenvalue weighted by atomic mass is 16.8. The smallest absolute Gasteiger partial charge is 0.308 e. The summed E-state index contributed by atoms with van der Waals surface area (Å²) in [5.41, 5.74) is -2.83. The number of hydrogen-bond donors (Lipinski definition) is 1. The largest absolute Gasteiger partial charge is 0.465 e. The maximum Gasteiger partial charge on any atom is 0.308 e. The van der Waals surface area contributed by atoms with Gasteiger partial charge in [-0.2, -0.15) is 0 Å². The maximum absolute atomic E-state index is 12.5. The van der Waals surface area contributed by atoms with E-state index in [4.69, 9.17) is 18.9 Å². The van der Waals surface area contributed by atoms with Gasteiger partial charge in [-0.3, -0.25) is 9.59 Å². The molecule has 7 aliphatic rings. The Kier molecular flexibility index (Phi) is 3.26. The minimum Gasteiger partial charge on any atom is -0.465 e. The lowest BCUT2D eigenvalue weighted by molar-refractivity contribution is -0.385. The van der Waals surface area contributed by atoms with Crippen molar-refractivity contribution in [2.75, 3.05) is 6.61 Å². The van der Waals surface area contributed by atoms with Gasteiger partial charge in [-0.15, -0.1) is 0 Å². The molecule has 0 aromatic carbocycles. The summed E-state index contributed by atoms with van der Waals surface area (Å²) in [7, 11) is 0. The summed E-state index contributed by atoms with van der Waals surface area (Å²) in [6.45, 7) is 3.24. The second kappa shape index (κ2) is 5.00. The Morgan fingerprint density at radius 1 is 1.19 bits per heavy atom. The molecule has 6 bridgehead atoms. The van der Waals surface area contributed by atoms with Gasteiger partial charge in [-0.1, -0.05) is 19.3 Å². The zero-order valence-electron chi connectivity index (χ0n) is 15.3. The molecular weight excluding hydrogens is 340 g/mol. The van der Waals surface area contributed by atoms with Gasteiger partial charge in [0.2, 0.25) is 5.79 Å². The summed E-state index contributed by atoms with van der Waals surface area (Å²) < 4.78 is 23.3. The molecule has 6 atom stereocenters. The molecule has 1 N–H and O–H groups in total. The van der Waals surface area contributed by atoms with E-state index in [0.29, 0.717) is 12.8 Å². The van der Waals surface area contributed by atoms with E-state index in [9.17, 15) is 14.7 Å². The summed E-state index contributed by atoms with van der Waals surface area (Å²) in [5, 5.41) is 11.4. The average Bonchev–Trinajstić information content (AvgIpc) is 2.78. The first-order valence-electron chi connectivity index (χ1n) is 9.71. The van der Waals surface area contributed by atoms with Crippen molar-refractivity contribution in [1.82, 2.24) is 0 Å². The zero-order valence-corrected chi connectivity index (χ0v) is 15.3. The lowest BCUT2D eigenvalue weighted by Gasteiger charge is -2.65. The Morgan fingerprint density at radius 3 is 2.62 bits per heavy atom. The number of carbonyl (C=O) groups is 2. The van der Waals surface area contributed by atoms with Gasteiger partial charge in [-0.25, -0.2) is 0 Å². The fourth-order valence-corrected chi connectivity index (χ4v) is 6.40. The van der Waals surface area contributed by atoms with Crippen LogP contribution in [0, 0.1) is 17.3 Å². The standard InChI is InChI=1S/C19H26O7/c1-11(20)24-18-9-16(2)19(22)8-13(18)17(19,15(25-16)26-18)10-23-14(21)12-6-4-3-5-7-12/h12-13,15,22H,3-10H2,1-2H3. The molecule has 26 heavy (non-hydrogen) atoms. The van der Waals surface area contributed by atoms with E-state index in [1.165, 1.54) is 13.3 Å². The van der Waals surface area contributed by atoms with Crippen molar-refractivity contribution in [3.05, 3.63) is 0 Å². The van der Waals surface area contributed by atoms with E-state index >= 15 is 0 Å². The second-order valence-electron chi connectivity index (χ2n) is 8.98. The molecular formula is C19H26O7. The van der Waals surface area contributed by atoms with Crippen LogP contribution in [0.2, 0.25) is 0 Å². The normalized spacial score (nSPS) is 51.2. The van der Waals surface area contributed by atoms with Crippen LogP contribution in [0.5, 0.6) is 0 Å². The topological polar surface area (TPSA) is 91.3 Å². The third kappa shape index (κ3) is 1.75. The van der Waals surface area contributed by atoms with Crippen molar-refractivity contribution in [3.8, 4) is 0 Å². The van der Waals surface area contributed by atoms with Crippen LogP contribution in [0.15, 0.2) is 0 Å². The van der Waals surface area contributed by atoms with E-state index in [0.717, 1.165) is 25.7 Å². The van der Waals surface area contributed by atoms with Crippen LogP contribution in [0.25, 0.3) is 0 Å². The van der Waals surface area contributed by atoms with E-state index in [1.54, 1.807) is 0 Å². The number of rotatable bonds is 4. The molecule has 0 spiro atoms. The van der Waals surface area contributed by atoms with Crippen LogP contribution >= 0.6 is 0 Å². The van der Waals surface area contributed by atoms with Gasteiger partial charge in [0.25, 0.3) is 0 Å². The number of carbonyl (C=O) groups excluding carboxylic acids is 2. The molecule has 144 valence electrons. The van der Waals surface area contributed by atoms with Crippen molar-refractivity contribution in [2.24, 2.45) is 17.3 Å². The van der Waals surface area contributed by atoms with Gasteiger partial charge in [0.05, 0.1) is 11.3 Å². The van der Waals surface area contributed by atoms with Crippen molar-refractivity contribution in [3.63, 3.8) is 0 Å². The highest BCUT2D eigenvalue weighted by Crippen LogP contribution is 2.81. The Labute approximate surface area is 152 Å². The lowest BCUT2D eigenvalue weighted by Crippen LogP contribution is -2.79. The molecule has 0 aromatic heterocycles. The fourth-order valence-electron chi connectivity index (χ4n) is 6.40. The first-order chi connectivity index (χ1) is 12.3. The lowest BCUT2D eigenvalue weighted by atomic mass is 9.41. The van der Waals surface area contributed by atoms with Gasteiger partial charge >= 0.3 is 11.9 Å². The molecule has 7 rings (SSSR count). The van der Waals surface area contributed by atoms with E-state index in [2.05, 4.69) is 0 Å². The minimum absolute atomic E-state index is 0.0484. The molecule has 7 nitrogen and oxygen atoms in total. The van der Waals surface area contributed by atoms with Crippen LogP contribution in [0.4, 0.5) is 0 Å². The van der Waals surface area contributed by atoms with Gasteiger partial charge in [-0.05, 0) is 26.2 Å². The Morgan fingerprint density at radius 2 is 1.92 bits per heavy atom. The highest BCUT2D eigenvalue weighted by Gasteiger charge is 2.94. The number of esters is 2. The summed E-state index contributed by atoms with van der Waals surface area (Å²) in [6.07, 6.45) is 5.02.